The van der Waals surface area contributed by atoms with Crippen LogP contribution in [-0.4, -0.2) is 29.4 Å². The third kappa shape index (κ3) is 6.46. The Bertz CT molecular complexity index is 903. The highest BCUT2D eigenvalue weighted by Crippen LogP contribution is 2.25. The molecule has 0 radical (unpaired) electrons. The summed E-state index contributed by atoms with van der Waals surface area (Å²) >= 11 is 6.13. The minimum absolute atomic E-state index is 0.0393. The molecule has 2 aromatic carbocycles. The third-order valence-electron chi connectivity index (χ3n) is 4.22. The molecule has 0 aliphatic carbocycles. The van der Waals surface area contributed by atoms with Crippen molar-refractivity contribution < 1.29 is 19.2 Å². The fraction of sp³-hybridized carbons (Fsp3) is 0.300. The van der Waals surface area contributed by atoms with E-state index in [0.29, 0.717) is 17.3 Å². The highest BCUT2D eigenvalue weighted by molar-refractivity contribution is 6.31. The van der Waals surface area contributed by atoms with E-state index in [-0.39, 0.29) is 17.3 Å². The van der Waals surface area contributed by atoms with Crippen LogP contribution in [0.3, 0.4) is 0 Å². The minimum atomic E-state index is -0.838. The Kier molecular flexibility index (Phi) is 7.97. The maximum Gasteiger partial charge on any atom is 0.341 e. The van der Waals surface area contributed by atoms with E-state index in [9.17, 15) is 19.7 Å². The first-order valence-electron chi connectivity index (χ1n) is 9.04. The number of anilines is 1. The number of nitrogens with one attached hydrogen (secondary N) is 2. The first-order valence-corrected chi connectivity index (χ1v) is 9.41. The van der Waals surface area contributed by atoms with Crippen molar-refractivity contribution in [1.29, 1.82) is 0 Å². The van der Waals surface area contributed by atoms with Crippen molar-refractivity contribution in [3.63, 3.8) is 0 Å². The van der Waals surface area contributed by atoms with Gasteiger partial charge in [0.15, 0.2) is 6.61 Å². The normalized spacial score (nSPS) is 11.4. The van der Waals surface area contributed by atoms with Crippen molar-refractivity contribution in [3.05, 3.63) is 68.7 Å². The largest absolute Gasteiger partial charge is 0.452 e. The lowest BCUT2D eigenvalue weighted by Crippen LogP contribution is -2.35. The number of hydrogen-bond acceptors (Lipinski definition) is 6. The van der Waals surface area contributed by atoms with Gasteiger partial charge >= 0.3 is 5.97 Å². The van der Waals surface area contributed by atoms with Crippen LogP contribution in [0, 0.1) is 10.1 Å². The summed E-state index contributed by atoms with van der Waals surface area (Å²) in [6, 6.07) is 10.9. The van der Waals surface area contributed by atoms with Crippen molar-refractivity contribution in [1.82, 2.24) is 5.32 Å². The van der Waals surface area contributed by atoms with Crippen molar-refractivity contribution >= 4 is 34.9 Å². The molecule has 29 heavy (non-hydrogen) atoms. The van der Waals surface area contributed by atoms with Crippen LogP contribution in [0.4, 0.5) is 11.4 Å². The number of nitrogens with zero attached hydrogens (tertiary/aromatic N) is 1. The maximum atomic E-state index is 12.5. The fourth-order valence-electron chi connectivity index (χ4n) is 2.43. The Labute approximate surface area is 173 Å². The number of ether oxygens (including phenoxy) is 1. The number of amides is 1. The number of carbonyl (C=O) groups excluding carboxylic acids is 2. The Morgan fingerprint density at radius 3 is 2.62 bits per heavy atom. The number of non-ortho nitro benzene ring substituents is 1. The van der Waals surface area contributed by atoms with Gasteiger partial charge in [-0.2, -0.15) is 0 Å². The molecule has 0 spiro atoms. The molecule has 0 saturated heterocycles. The molecule has 2 rings (SSSR count). The lowest BCUT2D eigenvalue weighted by atomic mass is 10.1. The maximum absolute atomic E-state index is 12.5. The van der Waals surface area contributed by atoms with Crippen LogP contribution < -0.4 is 10.6 Å². The molecule has 1 amide bonds. The number of hydrogen-bond donors (Lipinski definition) is 2. The monoisotopic (exact) mass is 419 g/mol. The predicted octanol–water partition coefficient (Wildman–Crippen LogP) is 3.93. The van der Waals surface area contributed by atoms with E-state index in [4.69, 9.17) is 16.3 Å². The van der Waals surface area contributed by atoms with Gasteiger partial charge in [0, 0.05) is 35.4 Å². The van der Waals surface area contributed by atoms with Gasteiger partial charge in [0.25, 0.3) is 11.6 Å². The Morgan fingerprint density at radius 1 is 1.24 bits per heavy atom. The standard InChI is InChI=1S/C20H22ClN3O5/c1-3-13(2)23-19(25)12-29-20(26)16-10-15(24(27)28)8-9-18(16)22-11-14-6-4-5-7-17(14)21/h4-10,13,22H,3,11-12H2,1-2H3,(H,23,25)/t13-/m0/s1. The van der Waals surface area contributed by atoms with Gasteiger partial charge in [-0.05, 0) is 31.0 Å². The van der Waals surface area contributed by atoms with Crippen LogP contribution in [0.15, 0.2) is 42.5 Å². The fourth-order valence-corrected chi connectivity index (χ4v) is 2.63. The van der Waals surface area contributed by atoms with E-state index < -0.39 is 23.4 Å². The highest BCUT2D eigenvalue weighted by atomic mass is 35.5. The van der Waals surface area contributed by atoms with Crippen LogP contribution in [-0.2, 0) is 16.1 Å². The Hall–Kier alpha value is -3.13. The molecule has 9 heteroatoms. The second-order valence-electron chi connectivity index (χ2n) is 6.38. The summed E-state index contributed by atoms with van der Waals surface area (Å²) in [6.45, 7) is 3.57. The van der Waals surface area contributed by atoms with E-state index in [1.807, 2.05) is 26.0 Å². The van der Waals surface area contributed by atoms with Gasteiger partial charge in [-0.3, -0.25) is 14.9 Å². The number of carbonyl (C=O) groups is 2. The van der Waals surface area contributed by atoms with Gasteiger partial charge in [0.1, 0.15) is 0 Å². The van der Waals surface area contributed by atoms with Crippen LogP contribution in [0.25, 0.3) is 0 Å². The number of benzene rings is 2. The van der Waals surface area contributed by atoms with E-state index in [1.165, 1.54) is 12.1 Å². The molecule has 2 N–H and O–H groups in total. The smallest absolute Gasteiger partial charge is 0.341 e. The first kappa shape index (κ1) is 22.2. The zero-order valence-electron chi connectivity index (χ0n) is 16.1. The number of nitro groups is 1. The van der Waals surface area contributed by atoms with Crippen molar-refractivity contribution in [2.24, 2.45) is 0 Å². The van der Waals surface area contributed by atoms with Crippen molar-refractivity contribution in [2.45, 2.75) is 32.9 Å². The summed E-state index contributed by atoms with van der Waals surface area (Å²) in [5.41, 5.74) is 0.828. The summed E-state index contributed by atoms with van der Waals surface area (Å²) in [4.78, 5) is 34.8. The predicted molar refractivity (Wildman–Crippen MR) is 110 cm³/mol. The van der Waals surface area contributed by atoms with E-state index in [0.717, 1.165) is 18.1 Å². The number of nitro benzene ring substituents is 1. The number of halogens is 1. The molecule has 0 fully saturated rings. The first-order chi connectivity index (χ1) is 13.8. The quantitative estimate of drug-likeness (QED) is 0.362. The van der Waals surface area contributed by atoms with Gasteiger partial charge < -0.3 is 15.4 Å². The summed E-state index contributed by atoms with van der Waals surface area (Å²) in [6.07, 6.45) is 0.737. The molecule has 0 aromatic heterocycles. The summed E-state index contributed by atoms with van der Waals surface area (Å²) in [7, 11) is 0. The SMILES string of the molecule is CC[C@H](C)NC(=O)COC(=O)c1cc([N+](=O)[O-])ccc1NCc1ccccc1Cl. The number of rotatable bonds is 9. The Balaban J connectivity index is 2.15. The molecule has 0 aliphatic heterocycles. The van der Waals surface area contributed by atoms with Crippen LogP contribution in [0.1, 0.15) is 36.2 Å². The molecule has 2 aromatic rings. The van der Waals surface area contributed by atoms with Gasteiger partial charge in [-0.15, -0.1) is 0 Å². The topological polar surface area (TPSA) is 111 Å². The Morgan fingerprint density at radius 2 is 1.97 bits per heavy atom. The van der Waals surface area contributed by atoms with Gasteiger partial charge in [0.2, 0.25) is 0 Å². The molecule has 154 valence electrons. The zero-order chi connectivity index (χ0) is 21.4. The molecule has 0 saturated carbocycles. The second kappa shape index (κ2) is 10.4. The van der Waals surface area contributed by atoms with Gasteiger partial charge in [-0.1, -0.05) is 36.7 Å². The van der Waals surface area contributed by atoms with Crippen LogP contribution in [0.2, 0.25) is 5.02 Å². The third-order valence-corrected chi connectivity index (χ3v) is 4.58. The molecule has 0 unspecified atom stereocenters. The van der Waals surface area contributed by atoms with Gasteiger partial charge in [-0.25, -0.2) is 4.79 Å². The molecule has 0 heterocycles. The summed E-state index contributed by atoms with van der Waals surface area (Å²) in [5, 5.41) is 17.3. The molecule has 0 bridgehead atoms. The van der Waals surface area contributed by atoms with Gasteiger partial charge in [0.05, 0.1) is 10.5 Å². The molecule has 0 aliphatic rings. The van der Waals surface area contributed by atoms with E-state index >= 15 is 0 Å². The summed E-state index contributed by atoms with van der Waals surface area (Å²) in [5.74, 6) is -1.28. The average Bonchev–Trinajstić information content (AvgIpc) is 2.71. The minimum Gasteiger partial charge on any atom is -0.452 e. The van der Waals surface area contributed by atoms with E-state index in [1.54, 1.807) is 12.1 Å². The molecule has 8 nitrogen and oxygen atoms in total. The van der Waals surface area contributed by atoms with Crippen molar-refractivity contribution in [2.75, 3.05) is 11.9 Å². The average molecular weight is 420 g/mol. The molecular formula is C20H22ClN3O5. The number of esters is 1. The van der Waals surface area contributed by atoms with Crippen molar-refractivity contribution in [3.8, 4) is 0 Å². The van der Waals surface area contributed by atoms with Crippen LogP contribution >= 0.6 is 11.6 Å². The van der Waals surface area contributed by atoms with E-state index in [2.05, 4.69) is 10.6 Å². The molecule has 1 atom stereocenters. The zero-order valence-corrected chi connectivity index (χ0v) is 16.9. The lowest BCUT2D eigenvalue weighted by molar-refractivity contribution is -0.384. The second-order valence-corrected chi connectivity index (χ2v) is 6.79. The molecular weight excluding hydrogens is 398 g/mol. The lowest BCUT2D eigenvalue weighted by Gasteiger charge is -2.14. The summed E-state index contributed by atoms with van der Waals surface area (Å²) < 4.78 is 5.05. The highest BCUT2D eigenvalue weighted by Gasteiger charge is 2.19. The van der Waals surface area contributed by atoms with Crippen LogP contribution in [0.5, 0.6) is 0 Å².